The Morgan fingerprint density at radius 1 is 0.893 bits per heavy atom. The SMILES string of the molecule is CC(=O)OC1(OC(C)=O)CC[C@@]2(C)C(C1)[C@H](O)C[C@H]1[C@@H]3CCC[C@@]3(C)CC[C@@H]12. The highest BCUT2D eigenvalue weighted by atomic mass is 16.7. The Hall–Kier alpha value is -1.10. The van der Waals surface area contributed by atoms with Crippen LogP contribution >= 0.6 is 0 Å². The highest BCUT2D eigenvalue weighted by Crippen LogP contribution is 2.67. The normalized spacial score (nSPS) is 46.7. The molecule has 4 aliphatic rings. The molecule has 0 aromatic heterocycles. The lowest BCUT2D eigenvalue weighted by Gasteiger charge is -2.62. The van der Waals surface area contributed by atoms with Gasteiger partial charge in [-0.05, 0) is 73.0 Å². The fourth-order valence-corrected chi connectivity index (χ4v) is 7.95. The lowest BCUT2D eigenvalue weighted by molar-refractivity contribution is -0.271. The first kappa shape index (κ1) is 20.2. The first-order chi connectivity index (χ1) is 13.1. The molecule has 158 valence electrons. The molecule has 5 heteroatoms. The van der Waals surface area contributed by atoms with Crippen LogP contribution in [0.5, 0.6) is 0 Å². The lowest BCUT2D eigenvalue weighted by atomic mass is 9.44. The molecule has 5 nitrogen and oxygen atoms in total. The molecule has 1 N–H and O–H groups in total. The molecule has 4 saturated carbocycles. The molecule has 28 heavy (non-hydrogen) atoms. The van der Waals surface area contributed by atoms with Crippen LogP contribution in [0.4, 0.5) is 0 Å². The van der Waals surface area contributed by atoms with Gasteiger partial charge in [-0.3, -0.25) is 9.59 Å². The largest absolute Gasteiger partial charge is 0.423 e. The van der Waals surface area contributed by atoms with Gasteiger partial charge in [0.05, 0.1) is 6.10 Å². The van der Waals surface area contributed by atoms with Crippen LogP contribution in [0, 0.1) is 34.5 Å². The van der Waals surface area contributed by atoms with E-state index in [-0.39, 0.29) is 11.3 Å². The Kier molecular flexibility index (Phi) is 4.84. The van der Waals surface area contributed by atoms with E-state index < -0.39 is 23.8 Å². The van der Waals surface area contributed by atoms with E-state index >= 15 is 0 Å². The summed E-state index contributed by atoms with van der Waals surface area (Å²) in [5.41, 5.74) is 0.466. The van der Waals surface area contributed by atoms with Gasteiger partial charge in [-0.15, -0.1) is 0 Å². The molecule has 0 amide bonds. The predicted octanol–water partition coefficient (Wildman–Crippen LogP) is 4.21. The van der Waals surface area contributed by atoms with Crippen molar-refractivity contribution < 1.29 is 24.2 Å². The van der Waals surface area contributed by atoms with E-state index in [4.69, 9.17) is 9.47 Å². The Balaban J connectivity index is 1.62. The van der Waals surface area contributed by atoms with E-state index in [1.807, 2.05) is 0 Å². The van der Waals surface area contributed by atoms with Gasteiger partial charge in [0.1, 0.15) is 0 Å². The van der Waals surface area contributed by atoms with Gasteiger partial charge in [0.15, 0.2) is 0 Å². The van der Waals surface area contributed by atoms with Crippen LogP contribution in [0.2, 0.25) is 0 Å². The van der Waals surface area contributed by atoms with Crippen molar-refractivity contribution in [3.05, 3.63) is 0 Å². The molecule has 4 aliphatic carbocycles. The molecule has 4 fully saturated rings. The second kappa shape index (κ2) is 6.72. The summed E-state index contributed by atoms with van der Waals surface area (Å²) in [6, 6.07) is 0. The van der Waals surface area contributed by atoms with Crippen LogP contribution in [-0.4, -0.2) is 28.9 Å². The zero-order valence-corrected chi connectivity index (χ0v) is 17.8. The minimum absolute atomic E-state index is 0.00745. The minimum atomic E-state index is -1.22. The molecular formula is C23H36O5. The number of esters is 2. The van der Waals surface area contributed by atoms with Gasteiger partial charge in [-0.25, -0.2) is 0 Å². The Morgan fingerprint density at radius 2 is 1.57 bits per heavy atom. The second-order valence-electron chi connectivity index (χ2n) is 10.7. The number of carbonyl (C=O) groups excluding carboxylic acids is 2. The minimum Gasteiger partial charge on any atom is -0.423 e. The van der Waals surface area contributed by atoms with Crippen LogP contribution in [0.1, 0.15) is 85.5 Å². The maximum Gasteiger partial charge on any atom is 0.305 e. The number of ether oxygens (including phenoxy) is 2. The predicted molar refractivity (Wildman–Crippen MR) is 104 cm³/mol. The number of rotatable bonds is 2. The summed E-state index contributed by atoms with van der Waals surface area (Å²) in [7, 11) is 0. The van der Waals surface area contributed by atoms with Crippen molar-refractivity contribution in [3.8, 4) is 0 Å². The van der Waals surface area contributed by atoms with Gasteiger partial charge >= 0.3 is 11.9 Å². The van der Waals surface area contributed by atoms with E-state index in [0.29, 0.717) is 30.1 Å². The van der Waals surface area contributed by atoms with E-state index in [9.17, 15) is 14.7 Å². The van der Waals surface area contributed by atoms with Gasteiger partial charge in [0.25, 0.3) is 5.79 Å². The maximum atomic E-state index is 11.7. The van der Waals surface area contributed by atoms with Crippen molar-refractivity contribution in [2.75, 3.05) is 0 Å². The quantitative estimate of drug-likeness (QED) is 0.563. The van der Waals surface area contributed by atoms with E-state index in [1.165, 1.54) is 46.0 Å². The standard InChI is InChI=1S/C23H36O5/c1-14(24)27-23(28-15(2)25)11-10-22(4)18-7-9-21(3)8-5-6-17(21)16(18)12-20(26)19(22)13-23/h16-20,26H,5-13H2,1-4H3/t16-,17-,18-,19?,20+,21-,22+/m0/s1. The summed E-state index contributed by atoms with van der Waals surface area (Å²) >= 11 is 0. The van der Waals surface area contributed by atoms with Gasteiger partial charge in [-0.2, -0.15) is 0 Å². The highest BCUT2D eigenvalue weighted by molar-refractivity contribution is 5.69. The van der Waals surface area contributed by atoms with Crippen molar-refractivity contribution in [1.29, 1.82) is 0 Å². The van der Waals surface area contributed by atoms with E-state index in [1.54, 1.807) is 0 Å². The maximum absolute atomic E-state index is 11.7. The van der Waals surface area contributed by atoms with E-state index in [0.717, 1.165) is 18.8 Å². The zero-order valence-electron chi connectivity index (χ0n) is 17.8. The van der Waals surface area contributed by atoms with Gasteiger partial charge in [0.2, 0.25) is 0 Å². The molecule has 0 saturated heterocycles. The molecule has 0 spiro atoms. The van der Waals surface area contributed by atoms with Gasteiger partial charge in [-0.1, -0.05) is 20.3 Å². The van der Waals surface area contributed by atoms with Gasteiger partial charge in [0, 0.05) is 26.7 Å². The molecule has 0 aliphatic heterocycles. The zero-order chi connectivity index (χ0) is 20.3. The number of carbonyl (C=O) groups is 2. The molecule has 1 unspecified atom stereocenters. The Labute approximate surface area is 168 Å². The summed E-state index contributed by atoms with van der Waals surface area (Å²) in [6.45, 7) is 7.51. The highest BCUT2D eigenvalue weighted by Gasteiger charge is 2.63. The number of fused-ring (bicyclic) bond motifs is 5. The molecule has 0 bridgehead atoms. The number of aliphatic hydroxyl groups excluding tert-OH is 1. The molecule has 0 radical (unpaired) electrons. The molecule has 4 rings (SSSR count). The number of hydrogen-bond acceptors (Lipinski definition) is 5. The third-order valence-electron chi connectivity index (χ3n) is 9.13. The summed E-state index contributed by atoms with van der Waals surface area (Å²) < 4.78 is 11.1. The Morgan fingerprint density at radius 3 is 2.21 bits per heavy atom. The second-order valence-corrected chi connectivity index (χ2v) is 10.7. The monoisotopic (exact) mass is 392 g/mol. The topological polar surface area (TPSA) is 72.8 Å². The smallest absolute Gasteiger partial charge is 0.305 e. The van der Waals surface area contributed by atoms with E-state index in [2.05, 4.69) is 13.8 Å². The van der Waals surface area contributed by atoms with Crippen LogP contribution in [-0.2, 0) is 19.1 Å². The first-order valence-corrected chi connectivity index (χ1v) is 11.2. The number of hydrogen-bond donors (Lipinski definition) is 1. The molecular weight excluding hydrogens is 356 g/mol. The average molecular weight is 393 g/mol. The van der Waals surface area contributed by atoms with Crippen molar-refractivity contribution in [2.45, 2.75) is 97.4 Å². The fraction of sp³-hybridized carbons (Fsp3) is 0.913. The van der Waals surface area contributed by atoms with Crippen LogP contribution < -0.4 is 0 Å². The van der Waals surface area contributed by atoms with Crippen LogP contribution in [0.15, 0.2) is 0 Å². The summed E-state index contributed by atoms with van der Waals surface area (Å²) in [6.07, 6.45) is 8.63. The molecule has 0 aromatic rings. The Bertz CT molecular complexity index is 643. The third-order valence-corrected chi connectivity index (χ3v) is 9.13. The van der Waals surface area contributed by atoms with Gasteiger partial charge < -0.3 is 14.6 Å². The van der Waals surface area contributed by atoms with Crippen LogP contribution in [0.3, 0.4) is 0 Å². The molecule has 7 atom stereocenters. The lowest BCUT2D eigenvalue weighted by Crippen LogP contribution is -2.60. The summed E-state index contributed by atoms with van der Waals surface area (Å²) in [4.78, 5) is 23.5. The van der Waals surface area contributed by atoms with Crippen molar-refractivity contribution >= 4 is 11.9 Å². The van der Waals surface area contributed by atoms with Crippen molar-refractivity contribution in [2.24, 2.45) is 34.5 Å². The molecule has 0 aromatic carbocycles. The van der Waals surface area contributed by atoms with Crippen molar-refractivity contribution in [1.82, 2.24) is 0 Å². The third kappa shape index (κ3) is 3.09. The number of aliphatic hydroxyl groups is 1. The summed E-state index contributed by atoms with van der Waals surface area (Å²) in [5.74, 6) is -0.178. The average Bonchev–Trinajstić information content (AvgIpc) is 2.97. The molecule has 0 heterocycles. The summed E-state index contributed by atoms with van der Waals surface area (Å²) in [5, 5.41) is 11.2. The first-order valence-electron chi connectivity index (χ1n) is 11.2. The van der Waals surface area contributed by atoms with Crippen LogP contribution in [0.25, 0.3) is 0 Å². The van der Waals surface area contributed by atoms with Crippen molar-refractivity contribution in [3.63, 3.8) is 0 Å². The fourth-order valence-electron chi connectivity index (χ4n) is 7.95.